The van der Waals surface area contributed by atoms with Crippen LogP contribution in [0.4, 0.5) is 5.69 Å². The summed E-state index contributed by atoms with van der Waals surface area (Å²) >= 11 is 0. The Kier molecular flexibility index (Phi) is 6.31. The highest BCUT2D eigenvalue weighted by Gasteiger charge is 2.19. The van der Waals surface area contributed by atoms with E-state index in [-0.39, 0.29) is 12.3 Å². The van der Waals surface area contributed by atoms with Gasteiger partial charge in [-0.1, -0.05) is 29.8 Å². The highest BCUT2D eigenvalue weighted by atomic mass is 16.5. The zero-order chi connectivity index (χ0) is 21.7. The molecule has 1 aromatic heterocycles. The molecule has 2 aromatic carbocycles. The highest BCUT2D eigenvalue weighted by molar-refractivity contribution is 5.97. The Morgan fingerprint density at radius 1 is 1.07 bits per heavy atom. The van der Waals surface area contributed by atoms with E-state index in [9.17, 15) is 14.4 Å². The van der Waals surface area contributed by atoms with Gasteiger partial charge in [-0.15, -0.1) is 10.2 Å². The van der Waals surface area contributed by atoms with Gasteiger partial charge >= 0.3 is 5.97 Å². The topological polar surface area (TPSA) is 116 Å². The summed E-state index contributed by atoms with van der Waals surface area (Å²) in [5, 5.41) is 14.6. The monoisotopic (exact) mass is 407 g/mol. The number of tetrazole rings is 1. The summed E-state index contributed by atoms with van der Waals surface area (Å²) in [4.78, 5) is 36.8. The minimum atomic E-state index is -1.02. The number of nitrogens with one attached hydrogen (secondary N) is 1. The lowest BCUT2D eigenvalue weighted by atomic mass is 10.1. The summed E-state index contributed by atoms with van der Waals surface area (Å²) in [6.07, 6.45) is -1.02. The van der Waals surface area contributed by atoms with Gasteiger partial charge in [0.2, 0.25) is 5.82 Å². The summed E-state index contributed by atoms with van der Waals surface area (Å²) in [6, 6.07) is 14.0. The van der Waals surface area contributed by atoms with Gasteiger partial charge in [0.25, 0.3) is 5.91 Å². The number of benzene rings is 2. The molecule has 9 nitrogen and oxygen atoms in total. The van der Waals surface area contributed by atoms with Gasteiger partial charge in [-0.3, -0.25) is 9.59 Å². The minimum Gasteiger partial charge on any atom is -0.451 e. The predicted molar refractivity (Wildman–Crippen MR) is 109 cm³/mol. The Labute approximate surface area is 173 Å². The summed E-state index contributed by atoms with van der Waals surface area (Å²) in [5.74, 6) is -0.840. The van der Waals surface area contributed by atoms with Crippen LogP contribution < -0.4 is 5.32 Å². The molecule has 1 amide bonds. The maximum absolute atomic E-state index is 12.2. The van der Waals surface area contributed by atoms with Crippen LogP contribution in [-0.4, -0.2) is 44.0 Å². The van der Waals surface area contributed by atoms with Crippen LogP contribution in [0.1, 0.15) is 29.8 Å². The fourth-order valence-electron chi connectivity index (χ4n) is 2.56. The number of carbonyl (C=O) groups is 3. The average Bonchev–Trinajstić information content (AvgIpc) is 3.17. The Hall–Kier alpha value is -3.88. The molecule has 0 aliphatic heterocycles. The number of aryl methyl sites for hydroxylation is 1. The molecule has 0 aliphatic rings. The zero-order valence-electron chi connectivity index (χ0n) is 16.8. The molecule has 30 heavy (non-hydrogen) atoms. The van der Waals surface area contributed by atoms with Gasteiger partial charge in [0.1, 0.15) is 0 Å². The normalized spacial score (nSPS) is 11.6. The highest BCUT2D eigenvalue weighted by Crippen LogP contribution is 2.14. The van der Waals surface area contributed by atoms with Crippen molar-refractivity contribution < 1.29 is 19.1 Å². The number of Topliss-reactive ketones (excluding diaryl/α,β-unsaturated/α-hetero) is 1. The predicted octanol–water partition coefficient (Wildman–Crippen LogP) is 2.42. The van der Waals surface area contributed by atoms with Crippen molar-refractivity contribution in [3.63, 3.8) is 0 Å². The number of nitrogens with zero attached hydrogens (tertiary/aromatic N) is 4. The molecular formula is C21H21N5O4. The largest absolute Gasteiger partial charge is 0.451 e. The second-order valence-electron chi connectivity index (χ2n) is 6.76. The molecule has 0 aliphatic carbocycles. The van der Waals surface area contributed by atoms with E-state index in [4.69, 9.17) is 4.74 Å². The number of hydrogen-bond donors (Lipinski definition) is 1. The van der Waals surface area contributed by atoms with Crippen LogP contribution in [0.5, 0.6) is 0 Å². The molecule has 0 spiro atoms. The van der Waals surface area contributed by atoms with E-state index >= 15 is 0 Å². The van der Waals surface area contributed by atoms with Gasteiger partial charge < -0.3 is 10.1 Å². The van der Waals surface area contributed by atoms with Crippen LogP contribution >= 0.6 is 0 Å². The first-order valence-corrected chi connectivity index (χ1v) is 9.28. The van der Waals surface area contributed by atoms with Crippen LogP contribution in [-0.2, 0) is 20.9 Å². The first kappa shape index (κ1) is 20.8. The number of rotatable bonds is 7. The molecule has 0 radical (unpaired) electrons. The van der Waals surface area contributed by atoms with Crippen molar-refractivity contribution >= 4 is 23.3 Å². The van der Waals surface area contributed by atoms with E-state index in [1.54, 1.807) is 24.3 Å². The molecule has 9 heteroatoms. The lowest BCUT2D eigenvalue weighted by Gasteiger charge is -2.13. The number of carbonyl (C=O) groups excluding carboxylic acids is 3. The maximum atomic E-state index is 12.2. The van der Waals surface area contributed by atoms with Crippen LogP contribution in [0, 0.1) is 6.92 Å². The van der Waals surface area contributed by atoms with Gasteiger partial charge in [0.15, 0.2) is 18.4 Å². The first-order valence-electron chi connectivity index (χ1n) is 9.28. The summed E-state index contributed by atoms with van der Waals surface area (Å²) in [7, 11) is 0. The summed E-state index contributed by atoms with van der Waals surface area (Å²) in [6.45, 7) is 4.62. The third kappa shape index (κ3) is 5.34. The van der Waals surface area contributed by atoms with E-state index in [1.807, 2.05) is 31.2 Å². The zero-order valence-corrected chi connectivity index (χ0v) is 16.8. The molecule has 0 fully saturated rings. The molecule has 1 heterocycles. The van der Waals surface area contributed by atoms with Crippen molar-refractivity contribution in [2.75, 3.05) is 5.32 Å². The Morgan fingerprint density at radius 2 is 1.73 bits per heavy atom. The number of hydrogen-bond acceptors (Lipinski definition) is 7. The summed E-state index contributed by atoms with van der Waals surface area (Å²) in [5.41, 5.74) is 2.92. The summed E-state index contributed by atoms with van der Waals surface area (Å²) < 4.78 is 5.15. The number of ketones is 1. The van der Waals surface area contributed by atoms with Crippen molar-refractivity contribution in [3.05, 3.63) is 59.7 Å². The van der Waals surface area contributed by atoms with E-state index < -0.39 is 18.0 Å². The number of amides is 1. The molecule has 0 saturated heterocycles. The Bertz CT molecular complexity index is 1060. The molecule has 0 unspecified atom stereocenters. The van der Waals surface area contributed by atoms with E-state index in [0.717, 1.165) is 15.9 Å². The van der Waals surface area contributed by atoms with Crippen molar-refractivity contribution in [3.8, 4) is 11.4 Å². The lowest BCUT2D eigenvalue weighted by molar-refractivity contribution is -0.154. The molecule has 0 saturated carbocycles. The van der Waals surface area contributed by atoms with Crippen LogP contribution in [0.15, 0.2) is 48.5 Å². The minimum absolute atomic E-state index is 0.0672. The van der Waals surface area contributed by atoms with Gasteiger partial charge in [0, 0.05) is 16.8 Å². The maximum Gasteiger partial charge on any atom is 0.330 e. The van der Waals surface area contributed by atoms with Crippen molar-refractivity contribution in [1.82, 2.24) is 20.2 Å². The fourth-order valence-corrected chi connectivity index (χ4v) is 2.56. The lowest BCUT2D eigenvalue weighted by Crippen LogP contribution is -2.31. The van der Waals surface area contributed by atoms with E-state index in [0.29, 0.717) is 17.1 Å². The molecule has 1 N–H and O–H groups in total. The molecule has 0 bridgehead atoms. The molecule has 3 rings (SSSR count). The van der Waals surface area contributed by atoms with Crippen LogP contribution in [0.25, 0.3) is 11.4 Å². The molecule has 154 valence electrons. The van der Waals surface area contributed by atoms with Gasteiger partial charge in [-0.25, -0.2) is 4.79 Å². The third-order valence-electron chi connectivity index (χ3n) is 4.27. The number of ether oxygens (including phenoxy) is 1. The van der Waals surface area contributed by atoms with Gasteiger partial charge in [-0.05, 0) is 50.3 Å². The number of anilines is 1. The fraction of sp³-hybridized carbons (Fsp3) is 0.238. The van der Waals surface area contributed by atoms with Crippen LogP contribution in [0.3, 0.4) is 0 Å². The smallest absolute Gasteiger partial charge is 0.330 e. The third-order valence-corrected chi connectivity index (χ3v) is 4.27. The quantitative estimate of drug-likeness (QED) is 0.472. The Morgan fingerprint density at radius 3 is 2.37 bits per heavy atom. The molecule has 3 aromatic rings. The number of aromatic nitrogens is 4. The molecular weight excluding hydrogens is 386 g/mol. The average molecular weight is 407 g/mol. The van der Waals surface area contributed by atoms with Crippen molar-refractivity contribution in [2.45, 2.75) is 33.4 Å². The molecule has 1 atom stereocenters. The SMILES string of the molecule is CC(=O)c1ccc(NC(=O)[C@H](C)OC(=O)Cn2nnc(-c3ccc(C)cc3)n2)cc1. The van der Waals surface area contributed by atoms with Gasteiger partial charge in [-0.2, -0.15) is 4.80 Å². The van der Waals surface area contributed by atoms with Gasteiger partial charge in [0.05, 0.1) is 0 Å². The second kappa shape index (κ2) is 9.08. The standard InChI is InChI=1S/C21H21N5O4/c1-13-4-6-17(7-5-13)20-23-25-26(24-20)12-19(28)30-15(3)21(29)22-18-10-8-16(9-11-18)14(2)27/h4-11,15H,12H2,1-3H3,(H,22,29)/t15-/m0/s1. The van der Waals surface area contributed by atoms with Crippen molar-refractivity contribution in [1.29, 1.82) is 0 Å². The Balaban J connectivity index is 1.53. The second-order valence-corrected chi connectivity index (χ2v) is 6.76. The van der Waals surface area contributed by atoms with Crippen LogP contribution in [0.2, 0.25) is 0 Å². The first-order chi connectivity index (χ1) is 14.3. The van der Waals surface area contributed by atoms with E-state index in [2.05, 4.69) is 20.7 Å². The van der Waals surface area contributed by atoms with Crippen molar-refractivity contribution in [2.24, 2.45) is 0 Å². The number of esters is 1. The van der Waals surface area contributed by atoms with E-state index in [1.165, 1.54) is 13.8 Å².